The third kappa shape index (κ3) is 4.20. The molecule has 2 fully saturated rings. The van der Waals surface area contributed by atoms with Crippen LogP contribution in [0.25, 0.3) is 5.65 Å². The number of aromatic nitrogens is 3. The van der Waals surface area contributed by atoms with Crippen LogP contribution < -0.4 is 21.3 Å². The number of nitrogens with zero attached hydrogens (tertiary/aromatic N) is 4. The number of hydrogen-bond donors (Lipinski definition) is 3. The van der Waals surface area contributed by atoms with Crippen molar-refractivity contribution in [3.63, 3.8) is 0 Å². The van der Waals surface area contributed by atoms with Gasteiger partial charge in [0.2, 0.25) is 0 Å². The smallest absolute Gasteiger partial charge is 0.177 e. The third-order valence-electron chi connectivity index (χ3n) is 6.01. The van der Waals surface area contributed by atoms with E-state index in [1.54, 1.807) is 6.20 Å². The van der Waals surface area contributed by atoms with E-state index < -0.39 is 0 Å². The van der Waals surface area contributed by atoms with Gasteiger partial charge in [0.1, 0.15) is 5.82 Å². The van der Waals surface area contributed by atoms with E-state index >= 15 is 0 Å². The molecule has 2 aromatic heterocycles. The summed E-state index contributed by atoms with van der Waals surface area (Å²) in [4.78, 5) is 6.83. The Morgan fingerprint density at radius 1 is 1.03 bits per heavy atom. The first-order valence-electron chi connectivity index (χ1n) is 10.8. The summed E-state index contributed by atoms with van der Waals surface area (Å²) in [7, 11) is 0. The number of hydrogen-bond acceptors (Lipinski definition) is 7. The predicted octanol–water partition coefficient (Wildman–Crippen LogP) is 2.99. The molecular formula is C22H29N7O. The average molecular weight is 408 g/mol. The zero-order valence-electron chi connectivity index (χ0n) is 17.1. The first kappa shape index (κ1) is 19.1. The van der Waals surface area contributed by atoms with E-state index in [0.29, 0.717) is 12.1 Å². The molecule has 0 spiro atoms. The molecule has 3 heterocycles. The minimum absolute atomic E-state index is 0.338. The summed E-state index contributed by atoms with van der Waals surface area (Å²) in [5.41, 5.74) is 10.0. The van der Waals surface area contributed by atoms with Crippen molar-refractivity contribution < 1.29 is 4.74 Å². The van der Waals surface area contributed by atoms with E-state index in [-0.39, 0.29) is 0 Å². The van der Waals surface area contributed by atoms with Crippen LogP contribution in [0.1, 0.15) is 25.7 Å². The van der Waals surface area contributed by atoms with Gasteiger partial charge in [0.25, 0.3) is 0 Å². The Morgan fingerprint density at radius 3 is 2.57 bits per heavy atom. The maximum absolute atomic E-state index is 6.04. The van der Waals surface area contributed by atoms with Gasteiger partial charge in [-0.2, -0.15) is 0 Å². The lowest BCUT2D eigenvalue weighted by Crippen LogP contribution is -2.36. The molecule has 0 atom stereocenters. The first-order valence-corrected chi connectivity index (χ1v) is 10.8. The molecule has 8 nitrogen and oxygen atoms in total. The normalized spacial score (nSPS) is 22.2. The van der Waals surface area contributed by atoms with Gasteiger partial charge in [0.05, 0.1) is 18.9 Å². The standard InChI is InChI=1S/C22H29N7O/c23-16-1-3-18(4-2-16)26-21-15-20(22-24-9-10-29(22)27-21)25-17-5-7-19(8-6-17)28-11-13-30-14-12-28/h5-10,15-16,18,25H,1-4,11-14,23H2,(H,26,27). The van der Waals surface area contributed by atoms with Crippen molar-refractivity contribution in [2.24, 2.45) is 5.73 Å². The van der Waals surface area contributed by atoms with E-state index in [4.69, 9.17) is 10.5 Å². The van der Waals surface area contributed by atoms with Crippen molar-refractivity contribution in [2.75, 3.05) is 41.8 Å². The SMILES string of the molecule is NC1CCC(Nc2cc(Nc3ccc(N4CCOCC4)cc3)c3nccn3n2)CC1. The molecule has 158 valence electrons. The average Bonchev–Trinajstić information content (AvgIpc) is 3.26. The van der Waals surface area contributed by atoms with Gasteiger partial charge >= 0.3 is 0 Å². The molecule has 5 rings (SSSR count). The molecule has 1 saturated heterocycles. The molecule has 1 aliphatic carbocycles. The van der Waals surface area contributed by atoms with Crippen LogP contribution in [-0.4, -0.2) is 53.0 Å². The molecular weight excluding hydrogens is 378 g/mol. The van der Waals surface area contributed by atoms with Gasteiger partial charge in [-0.1, -0.05) is 0 Å². The Kier molecular flexibility index (Phi) is 5.42. The van der Waals surface area contributed by atoms with Crippen molar-refractivity contribution in [1.82, 2.24) is 14.6 Å². The number of anilines is 4. The molecule has 30 heavy (non-hydrogen) atoms. The summed E-state index contributed by atoms with van der Waals surface area (Å²) < 4.78 is 7.27. The molecule has 1 aromatic carbocycles. The largest absolute Gasteiger partial charge is 0.378 e. The van der Waals surface area contributed by atoms with Crippen LogP contribution in [-0.2, 0) is 4.74 Å². The Bertz CT molecular complexity index is 973. The van der Waals surface area contributed by atoms with Gasteiger partial charge in [-0.3, -0.25) is 0 Å². The molecule has 4 N–H and O–H groups in total. The molecule has 0 radical (unpaired) electrons. The van der Waals surface area contributed by atoms with E-state index in [9.17, 15) is 0 Å². The molecule has 3 aromatic rings. The van der Waals surface area contributed by atoms with Crippen molar-refractivity contribution in [2.45, 2.75) is 37.8 Å². The maximum atomic E-state index is 6.04. The second-order valence-electron chi connectivity index (χ2n) is 8.17. The van der Waals surface area contributed by atoms with E-state index in [1.165, 1.54) is 5.69 Å². The number of ether oxygens (including phenoxy) is 1. The lowest BCUT2D eigenvalue weighted by molar-refractivity contribution is 0.122. The second kappa shape index (κ2) is 8.49. The van der Waals surface area contributed by atoms with Gasteiger partial charge in [0, 0.05) is 55.0 Å². The molecule has 8 heteroatoms. The maximum Gasteiger partial charge on any atom is 0.177 e. The number of benzene rings is 1. The van der Waals surface area contributed by atoms with Crippen molar-refractivity contribution >= 4 is 28.5 Å². The Morgan fingerprint density at radius 2 is 1.80 bits per heavy atom. The predicted molar refractivity (Wildman–Crippen MR) is 120 cm³/mol. The molecule has 2 aliphatic rings. The van der Waals surface area contributed by atoms with Gasteiger partial charge in [-0.15, -0.1) is 5.10 Å². The molecule has 0 unspecified atom stereocenters. The Hall–Kier alpha value is -2.84. The van der Waals surface area contributed by atoms with Crippen molar-refractivity contribution in [3.8, 4) is 0 Å². The number of rotatable bonds is 5. The number of imidazole rings is 1. The Balaban J connectivity index is 1.33. The van der Waals surface area contributed by atoms with Gasteiger partial charge in [-0.05, 0) is 49.9 Å². The monoisotopic (exact) mass is 407 g/mol. The van der Waals surface area contributed by atoms with E-state index in [0.717, 1.165) is 74.8 Å². The summed E-state index contributed by atoms with van der Waals surface area (Å²) in [6.07, 6.45) is 7.94. The van der Waals surface area contributed by atoms with Crippen LogP contribution in [0.4, 0.5) is 22.9 Å². The highest BCUT2D eigenvalue weighted by atomic mass is 16.5. The minimum Gasteiger partial charge on any atom is -0.378 e. The quantitative estimate of drug-likeness (QED) is 0.599. The van der Waals surface area contributed by atoms with Crippen LogP contribution in [0.5, 0.6) is 0 Å². The molecule has 0 amide bonds. The third-order valence-corrected chi connectivity index (χ3v) is 6.01. The Labute approximate surface area is 176 Å². The molecule has 0 bridgehead atoms. The summed E-state index contributed by atoms with van der Waals surface area (Å²) in [6.45, 7) is 3.45. The fraction of sp³-hybridized carbons (Fsp3) is 0.455. The summed E-state index contributed by atoms with van der Waals surface area (Å²) in [5.74, 6) is 0.855. The van der Waals surface area contributed by atoms with Crippen LogP contribution in [0, 0.1) is 0 Å². The van der Waals surface area contributed by atoms with Crippen molar-refractivity contribution in [1.29, 1.82) is 0 Å². The summed E-state index contributed by atoms with van der Waals surface area (Å²) in [5, 5.41) is 11.8. The summed E-state index contributed by atoms with van der Waals surface area (Å²) >= 11 is 0. The van der Waals surface area contributed by atoms with Crippen LogP contribution in [0.3, 0.4) is 0 Å². The van der Waals surface area contributed by atoms with E-state index in [2.05, 4.69) is 49.9 Å². The molecule has 1 aliphatic heterocycles. The topological polar surface area (TPSA) is 92.7 Å². The highest BCUT2D eigenvalue weighted by molar-refractivity contribution is 5.76. The number of morpholine rings is 1. The minimum atomic E-state index is 0.338. The molecule has 1 saturated carbocycles. The lowest BCUT2D eigenvalue weighted by Gasteiger charge is -2.29. The van der Waals surface area contributed by atoms with Gasteiger partial charge in [-0.25, -0.2) is 9.50 Å². The second-order valence-corrected chi connectivity index (χ2v) is 8.17. The summed E-state index contributed by atoms with van der Waals surface area (Å²) in [6, 6.07) is 11.3. The van der Waals surface area contributed by atoms with Gasteiger partial charge < -0.3 is 26.0 Å². The zero-order chi connectivity index (χ0) is 20.3. The fourth-order valence-electron chi connectivity index (χ4n) is 4.28. The van der Waals surface area contributed by atoms with Gasteiger partial charge in [0.15, 0.2) is 5.65 Å². The number of nitrogens with one attached hydrogen (secondary N) is 2. The van der Waals surface area contributed by atoms with Crippen molar-refractivity contribution in [3.05, 3.63) is 42.7 Å². The van der Waals surface area contributed by atoms with Crippen LogP contribution in [0.15, 0.2) is 42.7 Å². The fourth-order valence-corrected chi connectivity index (χ4v) is 4.28. The lowest BCUT2D eigenvalue weighted by atomic mass is 9.92. The highest BCUT2D eigenvalue weighted by Gasteiger charge is 2.19. The number of fused-ring (bicyclic) bond motifs is 1. The van der Waals surface area contributed by atoms with Crippen LogP contribution in [0.2, 0.25) is 0 Å². The zero-order valence-corrected chi connectivity index (χ0v) is 17.1. The highest BCUT2D eigenvalue weighted by Crippen LogP contribution is 2.27. The number of nitrogens with two attached hydrogens (primary N) is 1. The van der Waals surface area contributed by atoms with Crippen LogP contribution >= 0.6 is 0 Å². The first-order chi connectivity index (χ1) is 14.7. The van der Waals surface area contributed by atoms with E-state index in [1.807, 2.05) is 16.8 Å².